The molecular weight excluding hydrogens is 410 g/mol. The Balaban J connectivity index is 1.45. The van der Waals surface area contributed by atoms with Gasteiger partial charge in [-0.1, -0.05) is 11.8 Å². The summed E-state index contributed by atoms with van der Waals surface area (Å²) in [5.74, 6) is -0.114. The molecule has 0 radical (unpaired) electrons. The summed E-state index contributed by atoms with van der Waals surface area (Å²) in [6.07, 6.45) is 4.54. The highest BCUT2D eigenvalue weighted by atomic mass is 32.2. The van der Waals surface area contributed by atoms with Gasteiger partial charge in [0.1, 0.15) is 16.5 Å². The van der Waals surface area contributed by atoms with E-state index < -0.39 is 18.5 Å². The summed E-state index contributed by atoms with van der Waals surface area (Å²) in [5.41, 5.74) is 0.181. The van der Waals surface area contributed by atoms with Crippen LogP contribution in [-0.2, 0) is 27.4 Å². The molecule has 0 saturated heterocycles. The van der Waals surface area contributed by atoms with E-state index in [0.717, 1.165) is 11.8 Å². The zero-order chi connectivity index (χ0) is 21.2. The molecule has 0 bridgehead atoms. The average molecular weight is 429 g/mol. The van der Waals surface area contributed by atoms with E-state index in [9.17, 15) is 14.4 Å². The van der Waals surface area contributed by atoms with Crippen LogP contribution in [0.2, 0.25) is 0 Å². The lowest BCUT2D eigenvalue weighted by molar-refractivity contribution is -0.124. The Hall–Kier alpha value is -3.53. The second-order valence-electron chi connectivity index (χ2n) is 5.93. The van der Waals surface area contributed by atoms with Crippen LogP contribution in [-0.4, -0.2) is 35.1 Å². The van der Waals surface area contributed by atoms with Crippen molar-refractivity contribution in [3.63, 3.8) is 0 Å². The van der Waals surface area contributed by atoms with Gasteiger partial charge in [-0.25, -0.2) is 9.78 Å². The molecule has 30 heavy (non-hydrogen) atoms. The van der Waals surface area contributed by atoms with Crippen molar-refractivity contribution in [2.24, 2.45) is 0 Å². The van der Waals surface area contributed by atoms with Gasteiger partial charge in [0.05, 0.1) is 36.9 Å². The monoisotopic (exact) mass is 429 g/mol. The van der Waals surface area contributed by atoms with Crippen LogP contribution in [0.4, 0.5) is 0 Å². The standard InChI is InChI=1S/C20H19N3O6S/c24-17(22-10-14-4-2-8-27-14)12-29-20(26)16-6-1-7-21-19(16)30-13-18(25)23-11-15-5-3-9-28-15/h1-9H,10-13H2,(H,22,24)(H,23,25). The summed E-state index contributed by atoms with van der Waals surface area (Å²) < 4.78 is 15.3. The highest BCUT2D eigenvalue weighted by Crippen LogP contribution is 2.20. The molecule has 0 atom stereocenters. The number of hydrogen-bond donors (Lipinski definition) is 2. The van der Waals surface area contributed by atoms with Crippen LogP contribution in [0.5, 0.6) is 0 Å². The van der Waals surface area contributed by atoms with Gasteiger partial charge < -0.3 is 24.2 Å². The van der Waals surface area contributed by atoms with Crippen LogP contribution in [0.3, 0.4) is 0 Å². The first-order valence-electron chi connectivity index (χ1n) is 8.95. The Labute approximate surface area is 176 Å². The third kappa shape index (κ3) is 6.52. The number of rotatable bonds is 10. The Morgan fingerprint density at radius 3 is 2.23 bits per heavy atom. The van der Waals surface area contributed by atoms with Crippen molar-refractivity contribution in [3.8, 4) is 0 Å². The van der Waals surface area contributed by atoms with E-state index in [1.807, 2.05) is 0 Å². The number of carbonyl (C=O) groups excluding carboxylic acids is 3. The second kappa shape index (κ2) is 10.9. The zero-order valence-electron chi connectivity index (χ0n) is 15.8. The largest absolute Gasteiger partial charge is 0.467 e. The van der Waals surface area contributed by atoms with Crippen molar-refractivity contribution in [2.75, 3.05) is 12.4 Å². The topological polar surface area (TPSA) is 124 Å². The van der Waals surface area contributed by atoms with Crippen LogP contribution in [0.15, 0.2) is 69.0 Å². The SMILES string of the molecule is O=C(COC(=O)c1cccnc1SCC(=O)NCc1ccco1)NCc1ccco1. The van der Waals surface area contributed by atoms with Gasteiger partial charge in [0.2, 0.25) is 5.91 Å². The number of amides is 2. The van der Waals surface area contributed by atoms with E-state index in [1.54, 1.807) is 30.3 Å². The van der Waals surface area contributed by atoms with Crippen molar-refractivity contribution in [2.45, 2.75) is 18.1 Å². The van der Waals surface area contributed by atoms with Gasteiger partial charge in [0.25, 0.3) is 5.91 Å². The number of pyridine rings is 1. The van der Waals surface area contributed by atoms with E-state index in [-0.39, 0.29) is 30.3 Å². The molecule has 0 spiro atoms. The maximum absolute atomic E-state index is 12.3. The van der Waals surface area contributed by atoms with E-state index >= 15 is 0 Å². The summed E-state index contributed by atoms with van der Waals surface area (Å²) in [4.78, 5) is 40.3. The van der Waals surface area contributed by atoms with Gasteiger partial charge in [-0.05, 0) is 36.4 Å². The summed E-state index contributed by atoms with van der Waals surface area (Å²) in [6.45, 7) is 0.0311. The molecule has 0 unspecified atom stereocenters. The van der Waals surface area contributed by atoms with Gasteiger partial charge in [-0.2, -0.15) is 0 Å². The lowest BCUT2D eigenvalue weighted by Gasteiger charge is -2.09. The third-order valence-corrected chi connectivity index (χ3v) is 4.75. The number of esters is 1. The number of nitrogens with one attached hydrogen (secondary N) is 2. The maximum atomic E-state index is 12.3. The molecule has 2 amide bonds. The number of furan rings is 2. The van der Waals surface area contributed by atoms with Crippen molar-refractivity contribution in [3.05, 3.63) is 72.2 Å². The predicted octanol–water partition coefficient (Wildman–Crippen LogP) is 2.15. The molecule has 3 aromatic rings. The van der Waals surface area contributed by atoms with E-state index in [4.69, 9.17) is 13.6 Å². The zero-order valence-corrected chi connectivity index (χ0v) is 16.6. The molecule has 3 heterocycles. The minimum absolute atomic E-state index is 0.0572. The molecule has 2 N–H and O–H groups in total. The number of nitrogens with zero attached hydrogens (tertiary/aromatic N) is 1. The van der Waals surface area contributed by atoms with Crippen molar-refractivity contribution in [1.82, 2.24) is 15.6 Å². The fraction of sp³-hybridized carbons (Fsp3) is 0.200. The van der Waals surface area contributed by atoms with Crippen molar-refractivity contribution >= 4 is 29.5 Å². The molecule has 10 heteroatoms. The predicted molar refractivity (Wildman–Crippen MR) is 106 cm³/mol. The number of aromatic nitrogens is 1. The first-order valence-corrected chi connectivity index (χ1v) is 9.93. The van der Waals surface area contributed by atoms with Crippen molar-refractivity contribution < 1.29 is 28.0 Å². The van der Waals surface area contributed by atoms with Crippen LogP contribution < -0.4 is 10.6 Å². The Bertz CT molecular complexity index is 972. The number of thioether (sulfide) groups is 1. The summed E-state index contributed by atoms with van der Waals surface area (Å²) in [5, 5.41) is 5.63. The van der Waals surface area contributed by atoms with Crippen LogP contribution >= 0.6 is 11.8 Å². The van der Waals surface area contributed by atoms with Crippen molar-refractivity contribution in [1.29, 1.82) is 0 Å². The molecule has 3 aromatic heterocycles. The number of hydrogen-bond acceptors (Lipinski definition) is 8. The highest BCUT2D eigenvalue weighted by molar-refractivity contribution is 8.00. The van der Waals surface area contributed by atoms with Gasteiger partial charge in [-0.3, -0.25) is 9.59 Å². The Morgan fingerprint density at radius 1 is 0.933 bits per heavy atom. The normalized spacial score (nSPS) is 10.4. The maximum Gasteiger partial charge on any atom is 0.341 e. The smallest absolute Gasteiger partial charge is 0.341 e. The van der Waals surface area contributed by atoms with Gasteiger partial charge in [0.15, 0.2) is 6.61 Å². The Morgan fingerprint density at radius 2 is 1.60 bits per heavy atom. The van der Waals surface area contributed by atoms with Crippen LogP contribution in [0.25, 0.3) is 0 Å². The lowest BCUT2D eigenvalue weighted by Crippen LogP contribution is -2.28. The quantitative estimate of drug-likeness (QED) is 0.371. The van der Waals surface area contributed by atoms with E-state index in [1.165, 1.54) is 24.8 Å². The van der Waals surface area contributed by atoms with Gasteiger partial charge in [0, 0.05) is 6.20 Å². The molecular formula is C20H19N3O6S. The fourth-order valence-electron chi connectivity index (χ4n) is 2.30. The first-order chi connectivity index (χ1) is 14.6. The molecule has 0 aliphatic carbocycles. The number of carbonyl (C=O) groups is 3. The van der Waals surface area contributed by atoms with E-state index in [2.05, 4.69) is 15.6 Å². The summed E-state index contributed by atoms with van der Waals surface area (Å²) in [6, 6.07) is 10.0. The molecule has 0 aliphatic rings. The lowest BCUT2D eigenvalue weighted by atomic mass is 10.3. The minimum atomic E-state index is -0.699. The Kier molecular flexibility index (Phi) is 7.67. The molecule has 0 saturated carbocycles. The highest BCUT2D eigenvalue weighted by Gasteiger charge is 2.17. The fourth-order valence-corrected chi connectivity index (χ4v) is 3.12. The summed E-state index contributed by atoms with van der Waals surface area (Å²) in [7, 11) is 0. The molecule has 156 valence electrons. The molecule has 0 aromatic carbocycles. The third-order valence-electron chi connectivity index (χ3n) is 3.75. The van der Waals surface area contributed by atoms with E-state index in [0.29, 0.717) is 16.5 Å². The van der Waals surface area contributed by atoms with Crippen LogP contribution in [0, 0.1) is 0 Å². The summed E-state index contributed by atoms with van der Waals surface area (Å²) >= 11 is 1.10. The average Bonchev–Trinajstić information content (AvgIpc) is 3.47. The minimum Gasteiger partial charge on any atom is -0.467 e. The molecule has 3 rings (SSSR count). The van der Waals surface area contributed by atoms with Crippen LogP contribution in [0.1, 0.15) is 21.9 Å². The molecule has 0 aliphatic heterocycles. The van der Waals surface area contributed by atoms with Gasteiger partial charge in [-0.15, -0.1) is 0 Å². The second-order valence-corrected chi connectivity index (χ2v) is 6.90. The molecule has 0 fully saturated rings. The number of ether oxygens (including phenoxy) is 1. The molecule has 9 nitrogen and oxygen atoms in total. The first kappa shape index (κ1) is 21.2. The van der Waals surface area contributed by atoms with Gasteiger partial charge >= 0.3 is 5.97 Å².